The van der Waals surface area contributed by atoms with Crippen LogP contribution in [-0.2, 0) is 0 Å². The first-order chi connectivity index (χ1) is 8.83. The lowest BCUT2D eigenvalue weighted by atomic mass is 10.3. The van der Waals surface area contributed by atoms with Gasteiger partial charge in [0.1, 0.15) is 12.1 Å². The van der Waals surface area contributed by atoms with Crippen LogP contribution in [0.25, 0.3) is 11.2 Å². The van der Waals surface area contributed by atoms with E-state index in [-0.39, 0.29) is 5.82 Å². The second-order valence-corrected chi connectivity index (χ2v) is 3.58. The third-order valence-electron chi connectivity index (χ3n) is 2.38. The second-order valence-electron chi connectivity index (χ2n) is 3.58. The highest BCUT2D eigenvalue weighted by Crippen LogP contribution is 2.19. The predicted octanol–water partition coefficient (Wildman–Crippen LogP) is 2.30. The van der Waals surface area contributed by atoms with E-state index in [2.05, 4.69) is 25.3 Å². The van der Waals surface area contributed by atoms with Crippen molar-refractivity contribution in [3.8, 4) is 0 Å². The molecule has 0 unspecified atom stereocenters. The lowest BCUT2D eigenvalue weighted by Crippen LogP contribution is -1.98. The standard InChI is InChI=1S/C12H8FN5/c13-8-1-3-9(4-2-8)18-12-10-11(16-7-17-12)15-6-5-14-10/h1-7H,(H,15,16,17,18). The lowest BCUT2D eigenvalue weighted by molar-refractivity contribution is 0.628. The summed E-state index contributed by atoms with van der Waals surface area (Å²) in [6.45, 7) is 0. The van der Waals surface area contributed by atoms with Gasteiger partial charge in [-0.3, -0.25) is 0 Å². The Kier molecular flexibility index (Phi) is 2.53. The van der Waals surface area contributed by atoms with Crippen LogP contribution >= 0.6 is 0 Å². The molecule has 5 nitrogen and oxygen atoms in total. The average Bonchev–Trinajstić information content (AvgIpc) is 2.42. The third kappa shape index (κ3) is 1.95. The number of rotatable bonds is 2. The fraction of sp³-hybridized carbons (Fsp3) is 0. The molecule has 1 N–H and O–H groups in total. The van der Waals surface area contributed by atoms with Crippen molar-refractivity contribution in [2.45, 2.75) is 0 Å². The Morgan fingerprint density at radius 1 is 0.889 bits per heavy atom. The van der Waals surface area contributed by atoms with E-state index in [0.717, 1.165) is 5.69 Å². The Labute approximate surface area is 102 Å². The van der Waals surface area contributed by atoms with Gasteiger partial charge in [0.2, 0.25) is 0 Å². The minimum atomic E-state index is -0.284. The van der Waals surface area contributed by atoms with Crippen molar-refractivity contribution in [2.24, 2.45) is 0 Å². The van der Waals surface area contributed by atoms with Gasteiger partial charge in [-0.1, -0.05) is 0 Å². The van der Waals surface area contributed by atoms with E-state index in [9.17, 15) is 4.39 Å². The Balaban J connectivity index is 2.02. The first kappa shape index (κ1) is 10.5. The van der Waals surface area contributed by atoms with Crippen LogP contribution in [0.1, 0.15) is 0 Å². The summed E-state index contributed by atoms with van der Waals surface area (Å²) in [6, 6.07) is 5.99. The quantitative estimate of drug-likeness (QED) is 0.745. The van der Waals surface area contributed by atoms with Crippen LogP contribution in [0.3, 0.4) is 0 Å². The van der Waals surface area contributed by atoms with Gasteiger partial charge in [-0.05, 0) is 24.3 Å². The molecule has 0 saturated carbocycles. The minimum absolute atomic E-state index is 0.284. The number of fused-ring (bicyclic) bond motifs is 1. The average molecular weight is 241 g/mol. The molecule has 3 aromatic rings. The van der Waals surface area contributed by atoms with Gasteiger partial charge in [-0.25, -0.2) is 24.3 Å². The SMILES string of the molecule is Fc1ccc(Nc2ncnc3nccnc23)cc1. The zero-order chi connectivity index (χ0) is 12.4. The first-order valence-electron chi connectivity index (χ1n) is 5.27. The van der Waals surface area contributed by atoms with E-state index in [1.807, 2.05) is 0 Å². The van der Waals surface area contributed by atoms with E-state index >= 15 is 0 Å². The van der Waals surface area contributed by atoms with Crippen LogP contribution in [0, 0.1) is 5.82 Å². The molecule has 88 valence electrons. The number of nitrogens with zero attached hydrogens (tertiary/aromatic N) is 4. The molecule has 0 aliphatic heterocycles. The number of hydrogen-bond acceptors (Lipinski definition) is 5. The monoisotopic (exact) mass is 241 g/mol. The first-order valence-corrected chi connectivity index (χ1v) is 5.27. The zero-order valence-electron chi connectivity index (χ0n) is 9.21. The summed E-state index contributed by atoms with van der Waals surface area (Å²) >= 11 is 0. The molecule has 0 radical (unpaired) electrons. The molecule has 3 rings (SSSR count). The van der Waals surface area contributed by atoms with E-state index in [1.54, 1.807) is 24.5 Å². The Bertz CT molecular complexity index is 678. The molecule has 2 aromatic heterocycles. The van der Waals surface area contributed by atoms with E-state index < -0.39 is 0 Å². The van der Waals surface area contributed by atoms with E-state index in [4.69, 9.17) is 0 Å². The number of hydrogen-bond donors (Lipinski definition) is 1. The van der Waals surface area contributed by atoms with Crippen LogP contribution in [0.5, 0.6) is 0 Å². The van der Waals surface area contributed by atoms with Crippen LogP contribution in [0.2, 0.25) is 0 Å². The zero-order valence-corrected chi connectivity index (χ0v) is 9.21. The molecule has 18 heavy (non-hydrogen) atoms. The molecule has 2 heterocycles. The van der Waals surface area contributed by atoms with Crippen LogP contribution < -0.4 is 5.32 Å². The van der Waals surface area contributed by atoms with Crippen LogP contribution in [-0.4, -0.2) is 19.9 Å². The largest absolute Gasteiger partial charge is 0.338 e. The molecule has 0 aliphatic carbocycles. The van der Waals surface area contributed by atoms with Gasteiger partial charge < -0.3 is 5.32 Å². The van der Waals surface area contributed by atoms with E-state index in [1.165, 1.54) is 18.5 Å². The van der Waals surface area contributed by atoms with Crippen molar-refractivity contribution in [1.29, 1.82) is 0 Å². The van der Waals surface area contributed by atoms with E-state index in [0.29, 0.717) is 17.0 Å². The summed E-state index contributed by atoms with van der Waals surface area (Å²) in [5.41, 5.74) is 1.81. The van der Waals surface area contributed by atoms with Crippen molar-refractivity contribution in [3.05, 3.63) is 48.8 Å². The van der Waals surface area contributed by atoms with Crippen LogP contribution in [0.15, 0.2) is 43.0 Å². The molecule has 1 aromatic carbocycles. The Morgan fingerprint density at radius 3 is 2.50 bits per heavy atom. The Hall–Kier alpha value is -2.63. The van der Waals surface area contributed by atoms with Crippen LogP contribution in [0.4, 0.5) is 15.9 Å². The normalized spacial score (nSPS) is 10.5. The highest BCUT2D eigenvalue weighted by molar-refractivity contribution is 5.83. The summed E-state index contributed by atoms with van der Waals surface area (Å²) in [5, 5.41) is 3.05. The minimum Gasteiger partial charge on any atom is -0.338 e. The van der Waals surface area contributed by atoms with Gasteiger partial charge >= 0.3 is 0 Å². The van der Waals surface area contributed by atoms with Gasteiger partial charge in [-0.2, -0.15) is 0 Å². The number of aromatic nitrogens is 4. The number of benzene rings is 1. The molecule has 0 fully saturated rings. The van der Waals surface area contributed by atoms with Gasteiger partial charge in [0.25, 0.3) is 0 Å². The fourth-order valence-corrected chi connectivity index (χ4v) is 1.56. The molecular weight excluding hydrogens is 233 g/mol. The molecule has 6 heteroatoms. The molecule has 0 amide bonds. The predicted molar refractivity (Wildman–Crippen MR) is 64.8 cm³/mol. The third-order valence-corrected chi connectivity index (χ3v) is 2.38. The van der Waals surface area contributed by atoms with Crippen molar-refractivity contribution < 1.29 is 4.39 Å². The van der Waals surface area contributed by atoms with Crippen molar-refractivity contribution in [1.82, 2.24) is 19.9 Å². The maximum Gasteiger partial charge on any atom is 0.183 e. The van der Waals surface area contributed by atoms with Crippen molar-refractivity contribution >= 4 is 22.7 Å². The maximum absolute atomic E-state index is 12.8. The molecule has 0 aliphatic rings. The fourth-order valence-electron chi connectivity index (χ4n) is 1.56. The summed E-state index contributed by atoms with van der Waals surface area (Å²) in [6.07, 6.45) is 4.54. The van der Waals surface area contributed by atoms with Gasteiger partial charge in [0.05, 0.1) is 0 Å². The van der Waals surface area contributed by atoms with Gasteiger partial charge in [-0.15, -0.1) is 0 Å². The summed E-state index contributed by atoms with van der Waals surface area (Å²) in [7, 11) is 0. The smallest absolute Gasteiger partial charge is 0.183 e. The maximum atomic E-state index is 12.8. The molecule has 0 spiro atoms. The molecular formula is C12H8FN5. The van der Waals surface area contributed by atoms with Gasteiger partial charge in [0.15, 0.2) is 17.0 Å². The summed E-state index contributed by atoms with van der Waals surface area (Å²) < 4.78 is 12.8. The number of halogens is 1. The Morgan fingerprint density at radius 2 is 1.67 bits per heavy atom. The molecule has 0 atom stereocenters. The topological polar surface area (TPSA) is 63.6 Å². The second kappa shape index (κ2) is 4.33. The number of anilines is 2. The highest BCUT2D eigenvalue weighted by atomic mass is 19.1. The number of nitrogens with one attached hydrogen (secondary N) is 1. The summed E-state index contributed by atoms with van der Waals surface area (Å²) in [5.74, 6) is 0.257. The highest BCUT2D eigenvalue weighted by Gasteiger charge is 2.05. The van der Waals surface area contributed by atoms with Crippen molar-refractivity contribution in [2.75, 3.05) is 5.32 Å². The lowest BCUT2D eigenvalue weighted by Gasteiger charge is -2.06. The van der Waals surface area contributed by atoms with Gasteiger partial charge in [0, 0.05) is 18.1 Å². The van der Waals surface area contributed by atoms with Crippen molar-refractivity contribution in [3.63, 3.8) is 0 Å². The summed E-state index contributed by atoms with van der Waals surface area (Å²) in [4.78, 5) is 16.4. The molecule has 0 bridgehead atoms. The molecule has 0 saturated heterocycles.